The number of nitrogens with one attached hydrogen (secondary N) is 1. The van der Waals surface area contributed by atoms with Crippen molar-refractivity contribution in [2.45, 2.75) is 53.5 Å². The highest BCUT2D eigenvalue weighted by atomic mass is 32.1. The van der Waals surface area contributed by atoms with Gasteiger partial charge in [0, 0.05) is 24.5 Å². The first-order valence-electron chi connectivity index (χ1n) is 7.56. The van der Waals surface area contributed by atoms with E-state index in [0.29, 0.717) is 5.41 Å². The lowest BCUT2D eigenvalue weighted by Gasteiger charge is -2.26. The van der Waals surface area contributed by atoms with Crippen LogP contribution in [0.15, 0.2) is 0 Å². The summed E-state index contributed by atoms with van der Waals surface area (Å²) in [4.78, 5) is 8.68. The predicted octanol–water partition coefficient (Wildman–Crippen LogP) is 3.58. The smallest absolute Gasteiger partial charge is 0.185 e. The summed E-state index contributed by atoms with van der Waals surface area (Å²) in [5, 5.41) is 4.63. The topological polar surface area (TPSA) is 28.2 Å². The molecule has 1 aromatic rings. The van der Waals surface area contributed by atoms with E-state index in [1.165, 1.54) is 48.1 Å². The quantitative estimate of drug-likeness (QED) is 0.864. The number of rotatable bonds is 6. The van der Waals surface area contributed by atoms with Crippen molar-refractivity contribution >= 4 is 16.5 Å². The minimum Gasteiger partial charge on any atom is -0.348 e. The first kappa shape index (κ1) is 14.8. The fourth-order valence-electron chi connectivity index (χ4n) is 2.88. The number of anilines is 1. The molecular formula is C15H27N3S. The van der Waals surface area contributed by atoms with Gasteiger partial charge in [0.05, 0.1) is 5.69 Å². The molecule has 0 aromatic carbocycles. The minimum atomic E-state index is 0.529. The Hall–Kier alpha value is -0.610. The second-order valence-corrected chi connectivity index (χ2v) is 6.73. The van der Waals surface area contributed by atoms with Crippen LogP contribution in [0.4, 0.5) is 5.13 Å². The van der Waals surface area contributed by atoms with Crippen molar-refractivity contribution in [2.24, 2.45) is 5.41 Å². The molecule has 0 saturated carbocycles. The number of hydrogen-bond donors (Lipinski definition) is 1. The Morgan fingerprint density at radius 3 is 2.63 bits per heavy atom. The Morgan fingerprint density at radius 1 is 1.32 bits per heavy atom. The van der Waals surface area contributed by atoms with Crippen LogP contribution in [-0.4, -0.2) is 24.6 Å². The number of aromatic nitrogens is 1. The van der Waals surface area contributed by atoms with Crippen LogP contribution >= 0.6 is 11.3 Å². The molecule has 0 aliphatic carbocycles. The molecule has 1 aromatic heterocycles. The molecule has 0 amide bonds. The van der Waals surface area contributed by atoms with E-state index in [4.69, 9.17) is 4.98 Å². The minimum absolute atomic E-state index is 0.529. The summed E-state index contributed by atoms with van der Waals surface area (Å²) in [5.41, 5.74) is 1.73. The highest BCUT2D eigenvalue weighted by Crippen LogP contribution is 2.40. The molecule has 0 radical (unpaired) electrons. The van der Waals surface area contributed by atoms with Crippen molar-refractivity contribution in [2.75, 3.05) is 24.5 Å². The molecule has 1 N–H and O–H groups in total. The van der Waals surface area contributed by atoms with E-state index in [1.807, 2.05) is 11.3 Å². The van der Waals surface area contributed by atoms with Gasteiger partial charge in [-0.25, -0.2) is 4.98 Å². The average molecular weight is 281 g/mol. The molecule has 2 heterocycles. The van der Waals surface area contributed by atoms with Crippen molar-refractivity contribution in [3.05, 3.63) is 10.6 Å². The van der Waals surface area contributed by atoms with E-state index in [-0.39, 0.29) is 0 Å². The molecule has 3 nitrogen and oxygen atoms in total. The summed E-state index contributed by atoms with van der Waals surface area (Å²) >= 11 is 1.87. The maximum absolute atomic E-state index is 4.78. The van der Waals surface area contributed by atoms with E-state index in [2.05, 4.69) is 37.9 Å². The first-order chi connectivity index (χ1) is 9.14. The zero-order chi connectivity index (χ0) is 13.9. The van der Waals surface area contributed by atoms with E-state index in [0.717, 1.165) is 13.1 Å². The van der Waals surface area contributed by atoms with Gasteiger partial charge >= 0.3 is 0 Å². The third kappa shape index (κ3) is 3.11. The van der Waals surface area contributed by atoms with Gasteiger partial charge in [-0.1, -0.05) is 20.8 Å². The first-order valence-corrected chi connectivity index (χ1v) is 8.37. The molecular weight excluding hydrogens is 254 g/mol. The van der Waals surface area contributed by atoms with Crippen molar-refractivity contribution in [1.82, 2.24) is 10.3 Å². The van der Waals surface area contributed by atoms with Crippen LogP contribution in [0.3, 0.4) is 0 Å². The van der Waals surface area contributed by atoms with Gasteiger partial charge in [-0.15, -0.1) is 11.3 Å². The number of aryl methyl sites for hydroxylation is 1. The number of nitrogens with zero attached hydrogens (tertiary/aromatic N) is 2. The van der Waals surface area contributed by atoms with Gasteiger partial charge in [0.25, 0.3) is 0 Å². The lowest BCUT2D eigenvalue weighted by molar-refractivity contribution is 0.301. The summed E-state index contributed by atoms with van der Waals surface area (Å²) < 4.78 is 0. The van der Waals surface area contributed by atoms with Crippen LogP contribution < -0.4 is 10.2 Å². The third-order valence-corrected chi connectivity index (χ3v) is 5.84. The van der Waals surface area contributed by atoms with Crippen molar-refractivity contribution in [3.63, 3.8) is 0 Å². The van der Waals surface area contributed by atoms with Crippen molar-refractivity contribution in [1.29, 1.82) is 0 Å². The van der Waals surface area contributed by atoms with Crippen LogP contribution in [0.25, 0.3) is 0 Å². The molecule has 0 unspecified atom stereocenters. The summed E-state index contributed by atoms with van der Waals surface area (Å²) in [5.74, 6) is 0. The molecule has 0 bridgehead atoms. The standard InChI is InChI=1S/C15H27N3S/c1-5-15(6-2)8-9-18(11-15)14-17-12(4)13(19-14)10-16-7-3/h16H,5-11H2,1-4H3. The zero-order valence-corrected chi connectivity index (χ0v) is 13.6. The highest BCUT2D eigenvalue weighted by Gasteiger charge is 2.36. The summed E-state index contributed by atoms with van der Waals surface area (Å²) in [6, 6.07) is 0. The fraction of sp³-hybridized carbons (Fsp3) is 0.800. The van der Waals surface area contributed by atoms with Crippen molar-refractivity contribution in [3.8, 4) is 0 Å². The second kappa shape index (κ2) is 6.23. The van der Waals surface area contributed by atoms with E-state index < -0.39 is 0 Å². The fourth-order valence-corrected chi connectivity index (χ4v) is 3.93. The van der Waals surface area contributed by atoms with Crippen LogP contribution in [0.5, 0.6) is 0 Å². The van der Waals surface area contributed by atoms with Crippen LogP contribution in [0.2, 0.25) is 0 Å². The van der Waals surface area contributed by atoms with Crippen molar-refractivity contribution < 1.29 is 0 Å². The van der Waals surface area contributed by atoms with E-state index in [9.17, 15) is 0 Å². The molecule has 1 saturated heterocycles. The molecule has 0 spiro atoms. The van der Waals surface area contributed by atoms with Crippen LogP contribution in [0.1, 0.15) is 50.6 Å². The molecule has 0 atom stereocenters. The lowest BCUT2D eigenvalue weighted by atomic mass is 9.82. The molecule has 1 aliphatic rings. The average Bonchev–Trinajstić information content (AvgIpc) is 3.01. The largest absolute Gasteiger partial charge is 0.348 e. The Labute approximate surface area is 121 Å². The molecule has 1 aliphatic heterocycles. The number of hydrogen-bond acceptors (Lipinski definition) is 4. The summed E-state index contributed by atoms with van der Waals surface area (Å²) in [6.45, 7) is 13.3. The normalized spacial score (nSPS) is 18.2. The third-order valence-electron chi connectivity index (χ3n) is 4.63. The molecule has 2 rings (SSSR count). The molecule has 1 fully saturated rings. The van der Waals surface area contributed by atoms with E-state index in [1.54, 1.807) is 0 Å². The predicted molar refractivity (Wildman–Crippen MR) is 84.1 cm³/mol. The second-order valence-electron chi connectivity index (χ2n) is 5.66. The van der Waals surface area contributed by atoms with Gasteiger partial charge in [0.2, 0.25) is 0 Å². The summed E-state index contributed by atoms with van der Waals surface area (Å²) in [6.07, 6.45) is 3.89. The van der Waals surface area contributed by atoms with Gasteiger partial charge in [-0.05, 0) is 38.1 Å². The van der Waals surface area contributed by atoms with E-state index >= 15 is 0 Å². The highest BCUT2D eigenvalue weighted by molar-refractivity contribution is 7.15. The van der Waals surface area contributed by atoms with Crippen LogP contribution in [0, 0.1) is 12.3 Å². The maximum Gasteiger partial charge on any atom is 0.185 e. The Bertz CT molecular complexity index is 410. The molecule has 108 valence electrons. The summed E-state index contributed by atoms with van der Waals surface area (Å²) in [7, 11) is 0. The number of thiazole rings is 1. The lowest BCUT2D eigenvalue weighted by Crippen LogP contribution is -2.25. The van der Waals surface area contributed by atoms with Gasteiger partial charge in [0.15, 0.2) is 5.13 Å². The van der Waals surface area contributed by atoms with Gasteiger partial charge in [-0.2, -0.15) is 0 Å². The zero-order valence-electron chi connectivity index (χ0n) is 12.8. The van der Waals surface area contributed by atoms with Gasteiger partial charge in [-0.3, -0.25) is 0 Å². The Kier molecular flexibility index (Phi) is 4.85. The molecule has 19 heavy (non-hydrogen) atoms. The van der Waals surface area contributed by atoms with Gasteiger partial charge < -0.3 is 10.2 Å². The Balaban J connectivity index is 2.07. The molecule has 4 heteroatoms. The van der Waals surface area contributed by atoms with Gasteiger partial charge in [0.1, 0.15) is 0 Å². The maximum atomic E-state index is 4.78. The Morgan fingerprint density at radius 2 is 2.05 bits per heavy atom. The monoisotopic (exact) mass is 281 g/mol. The SMILES string of the molecule is CCNCc1sc(N2CCC(CC)(CC)C2)nc1C. The van der Waals surface area contributed by atoms with Crippen LogP contribution in [-0.2, 0) is 6.54 Å².